The highest BCUT2D eigenvalue weighted by Crippen LogP contribution is 2.25. The first-order valence-corrected chi connectivity index (χ1v) is 9.13. The number of nitrogens with one attached hydrogen (secondary N) is 1. The molecule has 0 spiro atoms. The molecule has 2 heterocycles. The number of nitrogens with zero attached hydrogens (tertiary/aromatic N) is 3. The van der Waals surface area contributed by atoms with E-state index in [0.29, 0.717) is 12.0 Å². The summed E-state index contributed by atoms with van der Waals surface area (Å²) in [5.74, 6) is 0.388. The van der Waals surface area contributed by atoms with Crippen molar-refractivity contribution in [2.24, 2.45) is 7.05 Å². The predicted molar refractivity (Wildman–Crippen MR) is 99.3 cm³/mol. The first-order chi connectivity index (χ1) is 11.5. The Labute approximate surface area is 149 Å². The zero-order valence-electron chi connectivity index (χ0n) is 14.8. The average Bonchev–Trinajstić information content (AvgIpc) is 3.12. The van der Waals surface area contributed by atoms with Gasteiger partial charge in [-0.15, -0.1) is 0 Å². The van der Waals surface area contributed by atoms with Gasteiger partial charge in [-0.1, -0.05) is 55.8 Å². The molecule has 5 heteroatoms. The summed E-state index contributed by atoms with van der Waals surface area (Å²) in [6, 6.07) is 11.2. The van der Waals surface area contributed by atoms with E-state index in [0.717, 1.165) is 42.6 Å². The summed E-state index contributed by atoms with van der Waals surface area (Å²) >= 11 is 6.43. The normalized spacial score (nSPS) is 18.6. The van der Waals surface area contributed by atoms with Crippen LogP contribution in [0.4, 0.5) is 0 Å². The molecule has 1 aliphatic heterocycles. The van der Waals surface area contributed by atoms with Gasteiger partial charge in [-0.2, -0.15) is 5.10 Å². The fraction of sp³-hybridized carbons (Fsp3) is 0.526. The third kappa shape index (κ3) is 4.00. The van der Waals surface area contributed by atoms with Crippen molar-refractivity contribution in [3.8, 4) is 0 Å². The number of hydrogen-bond donors (Lipinski definition) is 1. The molecule has 1 saturated heterocycles. The summed E-state index contributed by atoms with van der Waals surface area (Å²) in [6.07, 6.45) is 1.18. The standard InChI is InChI=1S/C19H27ClN4/c1-14(2)18-17(19(20)23(3)22-18)11-21-16-9-10-24(13-16)12-15-7-5-4-6-8-15/h4-8,14,16,21H,9-13H2,1-3H3. The van der Waals surface area contributed by atoms with Crippen molar-refractivity contribution in [1.29, 1.82) is 0 Å². The Kier molecular flexibility index (Phi) is 5.59. The maximum absolute atomic E-state index is 6.43. The van der Waals surface area contributed by atoms with Gasteiger partial charge in [0.2, 0.25) is 0 Å². The zero-order valence-corrected chi connectivity index (χ0v) is 15.6. The maximum Gasteiger partial charge on any atom is 0.131 e. The lowest BCUT2D eigenvalue weighted by Crippen LogP contribution is -2.32. The van der Waals surface area contributed by atoms with Crippen molar-refractivity contribution in [1.82, 2.24) is 20.0 Å². The van der Waals surface area contributed by atoms with Gasteiger partial charge in [0.05, 0.1) is 5.69 Å². The van der Waals surface area contributed by atoms with E-state index < -0.39 is 0 Å². The van der Waals surface area contributed by atoms with E-state index in [-0.39, 0.29) is 0 Å². The predicted octanol–water partition coefficient (Wildman–Crippen LogP) is 3.56. The van der Waals surface area contributed by atoms with E-state index in [2.05, 4.69) is 59.5 Å². The van der Waals surface area contributed by atoms with Crippen LogP contribution in [0.5, 0.6) is 0 Å². The maximum atomic E-state index is 6.43. The molecule has 3 rings (SSSR count). The van der Waals surface area contributed by atoms with E-state index >= 15 is 0 Å². The van der Waals surface area contributed by atoms with Gasteiger partial charge < -0.3 is 5.32 Å². The molecule has 1 fully saturated rings. The second-order valence-corrected chi connectivity index (χ2v) is 7.38. The van der Waals surface area contributed by atoms with E-state index in [4.69, 9.17) is 11.6 Å². The minimum absolute atomic E-state index is 0.388. The number of aryl methyl sites for hydroxylation is 1. The van der Waals surface area contributed by atoms with Crippen molar-refractivity contribution in [2.75, 3.05) is 13.1 Å². The third-order valence-corrected chi connectivity index (χ3v) is 5.21. The first-order valence-electron chi connectivity index (χ1n) is 8.75. The molecule has 1 aromatic heterocycles. The Bertz CT molecular complexity index is 666. The Hall–Kier alpha value is -1.36. The van der Waals surface area contributed by atoms with Gasteiger partial charge in [-0.3, -0.25) is 9.58 Å². The Morgan fingerprint density at radius 2 is 2.04 bits per heavy atom. The molecule has 0 amide bonds. The molecule has 24 heavy (non-hydrogen) atoms. The molecule has 1 unspecified atom stereocenters. The van der Waals surface area contributed by atoms with Crippen molar-refractivity contribution >= 4 is 11.6 Å². The molecule has 0 saturated carbocycles. The van der Waals surface area contributed by atoms with Crippen LogP contribution in [0.1, 0.15) is 43.0 Å². The van der Waals surface area contributed by atoms with E-state index in [1.165, 1.54) is 12.0 Å². The number of halogens is 1. The fourth-order valence-corrected chi connectivity index (χ4v) is 3.63. The molecule has 1 aromatic carbocycles. The summed E-state index contributed by atoms with van der Waals surface area (Å²) in [4.78, 5) is 2.52. The molecule has 1 N–H and O–H groups in total. The molecular formula is C19H27ClN4. The van der Waals surface area contributed by atoms with Crippen molar-refractivity contribution in [3.63, 3.8) is 0 Å². The fourth-order valence-electron chi connectivity index (χ4n) is 3.43. The SMILES string of the molecule is CC(C)c1nn(C)c(Cl)c1CNC1CCN(Cc2ccccc2)C1. The monoisotopic (exact) mass is 346 g/mol. The van der Waals surface area contributed by atoms with Gasteiger partial charge in [-0.05, 0) is 17.9 Å². The summed E-state index contributed by atoms with van der Waals surface area (Å²) < 4.78 is 1.78. The summed E-state index contributed by atoms with van der Waals surface area (Å²) in [7, 11) is 1.91. The van der Waals surface area contributed by atoms with Crippen LogP contribution < -0.4 is 5.32 Å². The van der Waals surface area contributed by atoms with E-state index in [9.17, 15) is 0 Å². The minimum atomic E-state index is 0.388. The Balaban J connectivity index is 1.55. The van der Waals surface area contributed by atoms with Crippen LogP contribution in [-0.2, 0) is 20.1 Å². The molecule has 1 atom stereocenters. The molecule has 0 aliphatic carbocycles. The van der Waals surface area contributed by atoms with Crippen LogP contribution in [-0.4, -0.2) is 33.8 Å². The minimum Gasteiger partial charge on any atom is -0.308 e. The molecule has 1 aliphatic rings. The summed E-state index contributed by atoms with van der Waals surface area (Å²) in [5, 5.41) is 9.00. The van der Waals surface area contributed by atoms with Gasteiger partial charge >= 0.3 is 0 Å². The Morgan fingerprint density at radius 3 is 2.75 bits per heavy atom. The number of hydrogen-bond acceptors (Lipinski definition) is 3. The molecule has 2 aromatic rings. The molecule has 0 bridgehead atoms. The second-order valence-electron chi connectivity index (χ2n) is 7.02. The van der Waals surface area contributed by atoms with Crippen LogP contribution in [0.25, 0.3) is 0 Å². The van der Waals surface area contributed by atoms with Gasteiger partial charge in [-0.25, -0.2) is 0 Å². The average molecular weight is 347 g/mol. The zero-order chi connectivity index (χ0) is 17.1. The van der Waals surface area contributed by atoms with Crippen LogP contribution in [0.2, 0.25) is 5.15 Å². The molecular weight excluding hydrogens is 320 g/mol. The highest BCUT2D eigenvalue weighted by Gasteiger charge is 2.24. The van der Waals surface area contributed by atoms with Crippen molar-refractivity contribution < 1.29 is 0 Å². The largest absolute Gasteiger partial charge is 0.308 e. The molecule has 130 valence electrons. The van der Waals surface area contributed by atoms with Crippen LogP contribution in [0, 0.1) is 0 Å². The smallest absolute Gasteiger partial charge is 0.131 e. The lowest BCUT2D eigenvalue weighted by molar-refractivity contribution is 0.320. The van der Waals surface area contributed by atoms with Gasteiger partial charge in [0.15, 0.2) is 0 Å². The highest BCUT2D eigenvalue weighted by atomic mass is 35.5. The van der Waals surface area contributed by atoms with Crippen LogP contribution >= 0.6 is 11.6 Å². The number of aromatic nitrogens is 2. The van der Waals surface area contributed by atoms with E-state index in [1.807, 2.05) is 7.05 Å². The number of likely N-dealkylation sites (tertiary alicyclic amines) is 1. The Morgan fingerprint density at radius 1 is 1.29 bits per heavy atom. The highest BCUT2D eigenvalue weighted by molar-refractivity contribution is 6.30. The van der Waals surface area contributed by atoms with Gasteiger partial charge in [0.1, 0.15) is 5.15 Å². The third-order valence-electron chi connectivity index (χ3n) is 4.74. The summed E-state index contributed by atoms with van der Waals surface area (Å²) in [5.41, 5.74) is 3.64. The number of benzene rings is 1. The van der Waals surface area contributed by atoms with Crippen LogP contribution in [0.3, 0.4) is 0 Å². The van der Waals surface area contributed by atoms with Gasteiger partial charge in [0.25, 0.3) is 0 Å². The molecule has 0 radical (unpaired) electrons. The van der Waals surface area contributed by atoms with Gasteiger partial charge in [0, 0.05) is 44.8 Å². The van der Waals surface area contributed by atoms with Crippen LogP contribution in [0.15, 0.2) is 30.3 Å². The second kappa shape index (κ2) is 7.68. The first kappa shape index (κ1) is 17.5. The lowest BCUT2D eigenvalue weighted by atomic mass is 10.1. The van der Waals surface area contributed by atoms with E-state index in [1.54, 1.807) is 4.68 Å². The lowest BCUT2D eigenvalue weighted by Gasteiger charge is -2.17. The molecule has 4 nitrogen and oxygen atoms in total. The quantitative estimate of drug-likeness (QED) is 0.868. The topological polar surface area (TPSA) is 33.1 Å². The number of rotatable bonds is 6. The van der Waals surface area contributed by atoms with Crippen molar-refractivity contribution in [2.45, 2.75) is 45.3 Å². The van der Waals surface area contributed by atoms with Crippen molar-refractivity contribution in [3.05, 3.63) is 52.3 Å². The summed E-state index contributed by atoms with van der Waals surface area (Å²) in [6.45, 7) is 8.39.